The normalized spacial score (nSPS) is 12.2. The molecule has 1 N–H and O–H groups in total. The lowest BCUT2D eigenvalue weighted by molar-refractivity contribution is -0.138. The van der Waals surface area contributed by atoms with Crippen molar-refractivity contribution in [1.29, 1.82) is 0 Å². The second-order valence-corrected chi connectivity index (χ2v) is 5.26. The first-order valence-electron chi connectivity index (χ1n) is 5.90. The fourth-order valence-corrected chi connectivity index (χ4v) is 2.24. The zero-order valence-corrected chi connectivity index (χ0v) is 11.9. The fourth-order valence-electron chi connectivity index (χ4n) is 1.97. The molecule has 20 heavy (non-hydrogen) atoms. The lowest BCUT2D eigenvalue weighted by Gasteiger charge is -2.14. The van der Waals surface area contributed by atoms with Crippen molar-refractivity contribution >= 4 is 21.9 Å². The van der Waals surface area contributed by atoms with Crippen LogP contribution in [0.4, 0.5) is 8.78 Å². The molecule has 0 aromatic heterocycles. The quantitative estimate of drug-likeness (QED) is 0.908. The maximum atomic E-state index is 13.6. The van der Waals surface area contributed by atoms with E-state index >= 15 is 0 Å². The fraction of sp³-hybridized carbons (Fsp3) is 0.133. The molecule has 0 spiro atoms. The monoisotopic (exact) mass is 340 g/mol. The third kappa shape index (κ3) is 3.22. The smallest absolute Gasteiger partial charge is 0.311 e. The van der Waals surface area contributed by atoms with Gasteiger partial charge in [-0.1, -0.05) is 34.1 Å². The van der Waals surface area contributed by atoms with Crippen molar-refractivity contribution < 1.29 is 18.7 Å². The molecular formula is C15H11BrF2O2. The molecule has 0 bridgehead atoms. The number of hydrogen-bond donors (Lipinski definition) is 1. The highest BCUT2D eigenvalue weighted by molar-refractivity contribution is 9.10. The van der Waals surface area contributed by atoms with Crippen LogP contribution < -0.4 is 0 Å². The van der Waals surface area contributed by atoms with Crippen LogP contribution >= 0.6 is 15.9 Å². The number of rotatable bonds is 4. The SMILES string of the molecule is O=C(O)C(Cc1c(F)cccc1F)c1ccc(Br)cc1. The molecule has 0 saturated heterocycles. The second-order valence-electron chi connectivity index (χ2n) is 4.35. The minimum Gasteiger partial charge on any atom is -0.481 e. The van der Waals surface area contributed by atoms with E-state index in [-0.39, 0.29) is 12.0 Å². The Balaban J connectivity index is 2.35. The maximum Gasteiger partial charge on any atom is 0.311 e. The lowest BCUT2D eigenvalue weighted by Crippen LogP contribution is -2.16. The van der Waals surface area contributed by atoms with Crippen LogP contribution in [-0.4, -0.2) is 11.1 Å². The second kappa shape index (κ2) is 6.13. The number of benzene rings is 2. The predicted molar refractivity (Wildman–Crippen MR) is 74.6 cm³/mol. The number of aliphatic carboxylic acids is 1. The van der Waals surface area contributed by atoms with Gasteiger partial charge in [0.2, 0.25) is 0 Å². The molecule has 104 valence electrons. The number of hydrogen-bond acceptors (Lipinski definition) is 1. The van der Waals surface area contributed by atoms with Crippen molar-refractivity contribution in [3.8, 4) is 0 Å². The molecule has 0 amide bonds. The Morgan fingerprint density at radius 2 is 1.65 bits per heavy atom. The van der Waals surface area contributed by atoms with E-state index in [4.69, 9.17) is 0 Å². The Hall–Kier alpha value is -1.75. The largest absolute Gasteiger partial charge is 0.481 e. The summed E-state index contributed by atoms with van der Waals surface area (Å²) in [6.07, 6.45) is -0.227. The predicted octanol–water partition coefficient (Wildman–Crippen LogP) is 4.14. The highest BCUT2D eigenvalue weighted by Crippen LogP contribution is 2.25. The van der Waals surface area contributed by atoms with E-state index in [0.29, 0.717) is 5.56 Å². The van der Waals surface area contributed by atoms with Crippen LogP contribution in [-0.2, 0) is 11.2 Å². The van der Waals surface area contributed by atoms with E-state index in [1.165, 1.54) is 6.07 Å². The standard InChI is InChI=1S/C15H11BrF2O2/c16-10-6-4-9(5-7-10)11(15(19)20)8-12-13(17)2-1-3-14(12)18/h1-7,11H,8H2,(H,19,20). The Bertz CT molecular complexity index is 606. The summed E-state index contributed by atoms with van der Waals surface area (Å²) < 4.78 is 28.0. The highest BCUT2D eigenvalue weighted by atomic mass is 79.9. The van der Waals surface area contributed by atoms with Gasteiger partial charge in [-0.25, -0.2) is 8.78 Å². The minimum absolute atomic E-state index is 0.206. The summed E-state index contributed by atoms with van der Waals surface area (Å²) in [7, 11) is 0. The van der Waals surface area contributed by atoms with Gasteiger partial charge in [-0.15, -0.1) is 0 Å². The topological polar surface area (TPSA) is 37.3 Å². The van der Waals surface area contributed by atoms with Gasteiger partial charge in [-0.05, 0) is 36.2 Å². The van der Waals surface area contributed by atoms with Crippen molar-refractivity contribution in [1.82, 2.24) is 0 Å². The van der Waals surface area contributed by atoms with Crippen LogP contribution in [0.2, 0.25) is 0 Å². The number of carbonyl (C=O) groups is 1. The highest BCUT2D eigenvalue weighted by Gasteiger charge is 2.23. The summed E-state index contributed by atoms with van der Waals surface area (Å²) in [5.41, 5.74) is 0.297. The van der Waals surface area contributed by atoms with Gasteiger partial charge in [-0.2, -0.15) is 0 Å². The van der Waals surface area contributed by atoms with Crippen LogP contribution in [0.1, 0.15) is 17.0 Å². The third-order valence-electron chi connectivity index (χ3n) is 3.04. The molecule has 2 rings (SSSR count). The molecule has 0 aliphatic heterocycles. The molecule has 1 unspecified atom stereocenters. The molecule has 1 atom stereocenters. The van der Waals surface area contributed by atoms with Crippen LogP contribution in [0.5, 0.6) is 0 Å². The minimum atomic E-state index is -1.12. The maximum absolute atomic E-state index is 13.6. The van der Waals surface area contributed by atoms with Crippen molar-refractivity contribution in [2.45, 2.75) is 12.3 Å². The van der Waals surface area contributed by atoms with E-state index in [9.17, 15) is 18.7 Å². The molecule has 2 aromatic carbocycles. The van der Waals surface area contributed by atoms with Crippen molar-refractivity contribution in [2.75, 3.05) is 0 Å². The summed E-state index contributed by atoms with van der Waals surface area (Å²) in [5, 5.41) is 9.28. The number of halogens is 3. The van der Waals surface area contributed by atoms with Crippen molar-refractivity contribution in [3.05, 3.63) is 69.7 Å². The summed E-state index contributed by atoms with van der Waals surface area (Å²) in [6.45, 7) is 0. The Labute approximate surface area is 123 Å². The molecule has 5 heteroatoms. The average Bonchev–Trinajstić information content (AvgIpc) is 2.39. The number of carboxylic acids is 1. The molecule has 0 saturated carbocycles. The number of carboxylic acid groups (broad SMARTS) is 1. The van der Waals surface area contributed by atoms with E-state index in [0.717, 1.165) is 16.6 Å². The van der Waals surface area contributed by atoms with E-state index in [1.807, 2.05) is 0 Å². The van der Waals surface area contributed by atoms with Crippen LogP contribution in [0.3, 0.4) is 0 Å². The Morgan fingerprint density at radius 1 is 1.10 bits per heavy atom. The van der Waals surface area contributed by atoms with Gasteiger partial charge >= 0.3 is 5.97 Å². The summed E-state index contributed by atoms with van der Waals surface area (Å²) in [4.78, 5) is 11.4. The molecular weight excluding hydrogens is 330 g/mol. The van der Waals surface area contributed by atoms with Gasteiger partial charge in [0.1, 0.15) is 11.6 Å². The Morgan fingerprint density at radius 3 is 2.15 bits per heavy atom. The van der Waals surface area contributed by atoms with E-state index < -0.39 is 23.5 Å². The molecule has 2 nitrogen and oxygen atoms in total. The van der Waals surface area contributed by atoms with Gasteiger partial charge in [-0.3, -0.25) is 4.79 Å². The zero-order chi connectivity index (χ0) is 14.7. The van der Waals surface area contributed by atoms with Gasteiger partial charge < -0.3 is 5.11 Å². The van der Waals surface area contributed by atoms with Gasteiger partial charge in [0.15, 0.2) is 0 Å². The van der Waals surface area contributed by atoms with Crippen LogP contribution in [0, 0.1) is 11.6 Å². The van der Waals surface area contributed by atoms with Gasteiger partial charge in [0.05, 0.1) is 5.92 Å². The van der Waals surface area contributed by atoms with E-state index in [1.54, 1.807) is 24.3 Å². The van der Waals surface area contributed by atoms with Gasteiger partial charge in [0, 0.05) is 10.0 Å². The molecule has 0 heterocycles. The average molecular weight is 341 g/mol. The first-order valence-corrected chi connectivity index (χ1v) is 6.69. The summed E-state index contributed by atoms with van der Waals surface area (Å²) >= 11 is 3.25. The first-order chi connectivity index (χ1) is 9.49. The molecule has 0 radical (unpaired) electrons. The van der Waals surface area contributed by atoms with E-state index in [2.05, 4.69) is 15.9 Å². The summed E-state index contributed by atoms with van der Waals surface area (Å²) in [5.74, 6) is -3.56. The van der Waals surface area contributed by atoms with Crippen molar-refractivity contribution in [2.24, 2.45) is 0 Å². The molecule has 0 fully saturated rings. The molecule has 0 aliphatic rings. The molecule has 0 aliphatic carbocycles. The third-order valence-corrected chi connectivity index (χ3v) is 3.57. The van der Waals surface area contributed by atoms with Crippen molar-refractivity contribution in [3.63, 3.8) is 0 Å². The first kappa shape index (κ1) is 14.7. The Kier molecular flexibility index (Phi) is 4.49. The van der Waals surface area contributed by atoms with Gasteiger partial charge in [0.25, 0.3) is 0 Å². The van der Waals surface area contributed by atoms with Crippen LogP contribution in [0.15, 0.2) is 46.9 Å². The summed E-state index contributed by atoms with van der Waals surface area (Å²) in [6, 6.07) is 10.1. The zero-order valence-electron chi connectivity index (χ0n) is 10.3. The lowest BCUT2D eigenvalue weighted by atomic mass is 9.91. The van der Waals surface area contributed by atoms with Crippen LogP contribution in [0.25, 0.3) is 0 Å². The molecule has 2 aromatic rings.